The molecule has 0 radical (unpaired) electrons. The molecule has 0 saturated carbocycles. The van der Waals surface area contributed by atoms with Gasteiger partial charge in [-0.15, -0.1) is 0 Å². The molecule has 0 bridgehead atoms. The van der Waals surface area contributed by atoms with Gasteiger partial charge >= 0.3 is 6.18 Å². The molecule has 1 aromatic heterocycles. The van der Waals surface area contributed by atoms with Crippen LogP contribution >= 0.6 is 23.2 Å². The largest absolute Gasteiger partial charge is 0.417 e. The second-order valence-electron chi connectivity index (χ2n) is 6.98. The summed E-state index contributed by atoms with van der Waals surface area (Å²) in [6.45, 7) is 3.75. The molecule has 0 atom stereocenters. The number of aromatic nitrogens is 1. The normalized spacial score (nSPS) is 11.8. The van der Waals surface area contributed by atoms with E-state index in [-0.39, 0.29) is 23.5 Å². The van der Waals surface area contributed by atoms with Crippen molar-refractivity contribution in [1.82, 2.24) is 9.88 Å². The van der Waals surface area contributed by atoms with E-state index in [4.69, 9.17) is 23.2 Å². The molecule has 3 rings (SSSR count). The van der Waals surface area contributed by atoms with Crippen LogP contribution in [0.1, 0.15) is 29.8 Å². The fourth-order valence-corrected chi connectivity index (χ4v) is 3.48. The third-order valence-corrected chi connectivity index (χ3v) is 5.47. The van der Waals surface area contributed by atoms with Gasteiger partial charge in [0.1, 0.15) is 5.82 Å². The van der Waals surface area contributed by atoms with Gasteiger partial charge in [0.2, 0.25) is 0 Å². The molecule has 1 N–H and O–H groups in total. The van der Waals surface area contributed by atoms with E-state index in [1.807, 2.05) is 13.8 Å². The number of halogens is 5. The van der Waals surface area contributed by atoms with E-state index in [9.17, 15) is 18.0 Å². The highest BCUT2D eigenvalue weighted by atomic mass is 35.5. The maximum atomic E-state index is 13.2. The minimum atomic E-state index is -4.59. The predicted octanol–water partition coefficient (Wildman–Crippen LogP) is 6.78. The molecule has 0 fully saturated rings. The molecule has 30 heavy (non-hydrogen) atoms. The molecule has 1 amide bonds. The number of rotatable bonds is 4. The minimum Gasteiger partial charge on any atom is -0.339 e. The number of anilines is 2. The third-order valence-electron chi connectivity index (χ3n) is 4.74. The summed E-state index contributed by atoms with van der Waals surface area (Å²) in [5.74, 6) is -0.0308. The topological polar surface area (TPSA) is 45.2 Å². The summed E-state index contributed by atoms with van der Waals surface area (Å²) in [6.07, 6.45) is -3.23. The molecule has 0 spiro atoms. The highest BCUT2D eigenvalue weighted by Crippen LogP contribution is 2.40. The Hall–Kier alpha value is -2.51. The number of nitrogens with zero attached hydrogens (tertiary/aromatic N) is 2. The number of carbonyl (C=O) groups excluding carboxylic acids is 1. The lowest BCUT2D eigenvalue weighted by Gasteiger charge is -2.23. The number of amides is 1. The second kappa shape index (κ2) is 8.32. The lowest BCUT2D eigenvalue weighted by Crippen LogP contribution is -2.33. The van der Waals surface area contributed by atoms with Crippen LogP contribution in [-0.2, 0) is 6.18 Å². The van der Waals surface area contributed by atoms with E-state index >= 15 is 0 Å². The maximum absolute atomic E-state index is 13.2. The van der Waals surface area contributed by atoms with Crippen molar-refractivity contribution < 1.29 is 18.0 Å². The van der Waals surface area contributed by atoms with Gasteiger partial charge < -0.3 is 10.2 Å². The molecule has 9 heteroatoms. The molecule has 1 heterocycles. The fourth-order valence-electron chi connectivity index (χ4n) is 2.92. The highest BCUT2D eigenvalue weighted by molar-refractivity contribution is 6.37. The first-order valence-corrected chi connectivity index (χ1v) is 9.75. The average molecular weight is 456 g/mol. The van der Waals surface area contributed by atoms with E-state index in [1.54, 1.807) is 30.1 Å². The van der Waals surface area contributed by atoms with E-state index < -0.39 is 16.8 Å². The first-order valence-electron chi connectivity index (χ1n) is 8.99. The summed E-state index contributed by atoms with van der Waals surface area (Å²) >= 11 is 12.4. The lowest BCUT2D eigenvalue weighted by atomic mass is 10.0. The zero-order valence-electron chi connectivity index (χ0n) is 16.3. The molecule has 0 aliphatic rings. The zero-order chi connectivity index (χ0) is 22.2. The van der Waals surface area contributed by atoms with Crippen LogP contribution in [0.2, 0.25) is 10.0 Å². The average Bonchev–Trinajstić information content (AvgIpc) is 2.68. The number of fused-ring (bicyclic) bond motifs is 1. The summed E-state index contributed by atoms with van der Waals surface area (Å²) in [4.78, 5) is 18.7. The van der Waals surface area contributed by atoms with Crippen LogP contribution < -0.4 is 5.32 Å². The summed E-state index contributed by atoms with van der Waals surface area (Å²) < 4.78 is 39.5. The van der Waals surface area contributed by atoms with Crippen LogP contribution in [0.25, 0.3) is 10.8 Å². The van der Waals surface area contributed by atoms with Gasteiger partial charge in [-0.05, 0) is 32.0 Å². The van der Waals surface area contributed by atoms with Crippen LogP contribution in [-0.4, -0.2) is 28.9 Å². The molecule has 4 nitrogen and oxygen atoms in total. The lowest BCUT2D eigenvalue weighted by molar-refractivity contribution is -0.137. The van der Waals surface area contributed by atoms with Crippen molar-refractivity contribution in [3.8, 4) is 0 Å². The van der Waals surface area contributed by atoms with Crippen LogP contribution in [0.4, 0.5) is 24.7 Å². The number of carbonyl (C=O) groups is 1. The molecular weight excluding hydrogens is 438 g/mol. The molecule has 0 unspecified atom stereocenters. The van der Waals surface area contributed by atoms with E-state index in [0.29, 0.717) is 21.4 Å². The van der Waals surface area contributed by atoms with E-state index in [2.05, 4.69) is 10.3 Å². The quantitative estimate of drug-likeness (QED) is 0.471. The monoisotopic (exact) mass is 455 g/mol. The SMILES string of the molecule is CC(C)N(C)C(=O)c1cnc(Nc2cccc(C(F)(F)F)c2Cl)c2cccc(Cl)c12. The Morgan fingerprint density at radius 2 is 1.80 bits per heavy atom. The van der Waals surface area contributed by atoms with Gasteiger partial charge in [-0.25, -0.2) is 4.98 Å². The Balaban J connectivity index is 2.14. The van der Waals surface area contributed by atoms with Gasteiger partial charge in [-0.3, -0.25) is 4.79 Å². The van der Waals surface area contributed by atoms with Gasteiger partial charge in [-0.2, -0.15) is 13.2 Å². The second-order valence-corrected chi connectivity index (χ2v) is 7.77. The molecule has 3 aromatic rings. The summed E-state index contributed by atoms with van der Waals surface area (Å²) in [5.41, 5.74) is -0.618. The van der Waals surface area contributed by atoms with Crippen molar-refractivity contribution >= 4 is 51.4 Å². The van der Waals surface area contributed by atoms with Crippen LogP contribution in [0.15, 0.2) is 42.6 Å². The van der Waals surface area contributed by atoms with Crippen LogP contribution in [0.5, 0.6) is 0 Å². The molecular formula is C21H18Cl2F3N3O. The van der Waals surface area contributed by atoms with Gasteiger partial charge in [0.15, 0.2) is 0 Å². The number of hydrogen-bond acceptors (Lipinski definition) is 3. The van der Waals surface area contributed by atoms with E-state index in [1.165, 1.54) is 18.3 Å². The minimum absolute atomic E-state index is 0.0404. The van der Waals surface area contributed by atoms with Crippen LogP contribution in [0, 0.1) is 0 Å². The van der Waals surface area contributed by atoms with Crippen molar-refractivity contribution in [2.75, 3.05) is 12.4 Å². The van der Waals surface area contributed by atoms with Gasteiger partial charge in [0.25, 0.3) is 5.91 Å². The zero-order valence-corrected chi connectivity index (χ0v) is 17.8. The van der Waals surface area contributed by atoms with Gasteiger partial charge in [0.05, 0.1) is 21.8 Å². The Labute approximate surface area is 181 Å². The highest BCUT2D eigenvalue weighted by Gasteiger charge is 2.34. The molecule has 158 valence electrons. The standard InChI is InChI=1S/C21H18Cl2F3N3O/c1-11(2)29(3)20(30)13-10-27-19(12-6-4-8-15(22)17(12)13)28-16-9-5-7-14(18(16)23)21(24,25)26/h4-11H,1-3H3,(H,27,28). The summed E-state index contributed by atoms with van der Waals surface area (Å²) in [7, 11) is 1.67. The molecule has 0 aliphatic carbocycles. The van der Waals surface area contributed by atoms with Crippen molar-refractivity contribution in [3.63, 3.8) is 0 Å². The van der Waals surface area contributed by atoms with Crippen LogP contribution in [0.3, 0.4) is 0 Å². The fraction of sp³-hybridized carbons (Fsp3) is 0.238. The number of benzene rings is 2. The van der Waals surface area contributed by atoms with Crippen molar-refractivity contribution in [2.24, 2.45) is 0 Å². The Morgan fingerprint density at radius 3 is 2.43 bits per heavy atom. The molecule has 0 aliphatic heterocycles. The van der Waals surface area contributed by atoms with E-state index in [0.717, 1.165) is 6.07 Å². The van der Waals surface area contributed by atoms with Gasteiger partial charge in [0, 0.05) is 35.1 Å². The molecule has 0 saturated heterocycles. The molecule has 2 aromatic carbocycles. The van der Waals surface area contributed by atoms with Gasteiger partial charge in [-0.1, -0.05) is 41.4 Å². The predicted molar refractivity (Wildman–Crippen MR) is 114 cm³/mol. The maximum Gasteiger partial charge on any atom is 0.417 e. The summed E-state index contributed by atoms with van der Waals surface area (Å²) in [6, 6.07) is 8.52. The number of hydrogen-bond donors (Lipinski definition) is 1. The summed E-state index contributed by atoms with van der Waals surface area (Å²) in [5, 5.41) is 3.64. The third kappa shape index (κ3) is 4.18. The first kappa shape index (κ1) is 22.2. The van der Waals surface area contributed by atoms with Crippen molar-refractivity contribution in [3.05, 3.63) is 63.8 Å². The Bertz CT molecular complexity index is 1120. The Kier molecular flexibility index (Phi) is 6.15. The smallest absolute Gasteiger partial charge is 0.339 e. The number of pyridine rings is 1. The first-order chi connectivity index (χ1) is 14.0. The number of nitrogens with one attached hydrogen (secondary N) is 1. The van der Waals surface area contributed by atoms with Crippen molar-refractivity contribution in [2.45, 2.75) is 26.1 Å². The Morgan fingerprint density at radius 1 is 1.13 bits per heavy atom. The number of alkyl halides is 3. The van der Waals surface area contributed by atoms with Crippen molar-refractivity contribution in [1.29, 1.82) is 0 Å².